The maximum atomic E-state index is 9.47. The van der Waals surface area contributed by atoms with Gasteiger partial charge in [0.05, 0.1) is 0 Å². The van der Waals surface area contributed by atoms with Gasteiger partial charge in [-0.3, -0.25) is 0 Å². The zero-order valence-electron chi connectivity index (χ0n) is 4.09. The van der Waals surface area contributed by atoms with E-state index in [0.717, 1.165) is 0 Å². The van der Waals surface area contributed by atoms with Crippen molar-refractivity contribution in [2.45, 2.75) is 6.92 Å². The molecule has 0 N–H and O–H groups in total. The van der Waals surface area contributed by atoms with Crippen LogP contribution in [0.3, 0.4) is 0 Å². The van der Waals surface area contributed by atoms with Crippen LogP contribution >= 0.6 is 7.60 Å². The molecule has 38 valence electrons. The standard InChI is InChI=1S/C2H7O3P.Zn/c1-2-6(3,4)5;/h2H2,1H3,(H2,3,4,5);/q;+2/p-2. The van der Waals surface area contributed by atoms with E-state index in [4.69, 9.17) is 0 Å². The zero-order chi connectivity index (χ0) is 5.21. The molecule has 0 aromatic carbocycles. The SMILES string of the molecule is CCP(=O)([O-])[O-].[Zn+2]. The molecule has 0 atom stereocenters. The maximum absolute atomic E-state index is 9.47. The fourth-order valence-electron chi connectivity index (χ4n) is 0. The molecule has 0 saturated heterocycles. The summed E-state index contributed by atoms with van der Waals surface area (Å²) in [6.45, 7) is 1.32. The van der Waals surface area contributed by atoms with Crippen LogP contribution in [0.5, 0.6) is 0 Å². The van der Waals surface area contributed by atoms with Crippen LogP contribution < -0.4 is 9.79 Å². The molecule has 0 aliphatic carbocycles. The molecule has 0 aliphatic heterocycles. The molecule has 0 aliphatic rings. The van der Waals surface area contributed by atoms with E-state index in [1.807, 2.05) is 0 Å². The summed E-state index contributed by atoms with van der Waals surface area (Å²) in [5.74, 6) is 0. The Morgan fingerprint density at radius 3 is 1.71 bits per heavy atom. The van der Waals surface area contributed by atoms with Gasteiger partial charge in [0, 0.05) is 0 Å². The zero-order valence-corrected chi connectivity index (χ0v) is 7.95. The average Bonchev–Trinajstić information content (AvgIpc) is 1.35. The molecule has 0 heterocycles. The second-order valence-electron chi connectivity index (χ2n) is 0.927. The summed E-state index contributed by atoms with van der Waals surface area (Å²) in [6.07, 6.45) is -0.285. The third-order valence-electron chi connectivity index (χ3n) is 0.387. The first-order chi connectivity index (χ1) is 2.56. The molecule has 0 rings (SSSR count). The number of hydrogen-bond donors (Lipinski definition) is 0. The predicted octanol–water partition coefficient (Wildman–Crippen LogP) is -1.08. The van der Waals surface area contributed by atoms with Crippen LogP contribution in [-0.4, -0.2) is 6.16 Å². The Morgan fingerprint density at radius 1 is 1.57 bits per heavy atom. The fourth-order valence-corrected chi connectivity index (χ4v) is 0. The van der Waals surface area contributed by atoms with Crippen LogP contribution in [0.2, 0.25) is 0 Å². The molecule has 0 fully saturated rings. The quantitative estimate of drug-likeness (QED) is 0.374. The van der Waals surface area contributed by atoms with Crippen LogP contribution in [0.15, 0.2) is 0 Å². The molecule has 0 spiro atoms. The number of rotatable bonds is 1. The van der Waals surface area contributed by atoms with E-state index < -0.39 is 7.60 Å². The first kappa shape index (κ1) is 10.7. The Kier molecular flexibility index (Phi) is 5.71. The monoisotopic (exact) mass is 172 g/mol. The minimum atomic E-state index is -4.15. The Morgan fingerprint density at radius 2 is 1.71 bits per heavy atom. The van der Waals surface area contributed by atoms with Gasteiger partial charge in [0.25, 0.3) is 0 Å². The van der Waals surface area contributed by atoms with Crippen molar-refractivity contribution in [3.05, 3.63) is 0 Å². The first-order valence-electron chi connectivity index (χ1n) is 1.57. The second-order valence-corrected chi connectivity index (χ2v) is 2.78. The Hall–Kier alpha value is 0.773. The van der Waals surface area contributed by atoms with Crippen molar-refractivity contribution < 1.29 is 33.8 Å². The summed E-state index contributed by atoms with van der Waals surface area (Å²) in [6, 6.07) is 0. The average molecular weight is 173 g/mol. The molecule has 0 unspecified atom stereocenters. The van der Waals surface area contributed by atoms with Gasteiger partial charge in [-0.2, -0.15) is 0 Å². The van der Waals surface area contributed by atoms with Gasteiger partial charge in [-0.15, -0.1) is 0 Å². The van der Waals surface area contributed by atoms with E-state index in [0.29, 0.717) is 0 Å². The Bertz CT molecular complexity index is 77.0. The molecular formula is C2H5O3PZn. The third-order valence-corrected chi connectivity index (χ3v) is 1.16. The molecule has 0 amide bonds. The summed E-state index contributed by atoms with van der Waals surface area (Å²) < 4.78 is 9.47. The topological polar surface area (TPSA) is 63.2 Å². The fraction of sp³-hybridized carbons (Fsp3) is 1.00. The molecule has 7 heavy (non-hydrogen) atoms. The van der Waals surface area contributed by atoms with Crippen LogP contribution in [0.4, 0.5) is 0 Å². The molecule has 0 radical (unpaired) electrons. The van der Waals surface area contributed by atoms with E-state index in [-0.39, 0.29) is 25.6 Å². The van der Waals surface area contributed by atoms with Gasteiger partial charge in [0.2, 0.25) is 0 Å². The second kappa shape index (κ2) is 3.74. The molecule has 5 heteroatoms. The Labute approximate surface area is 55.0 Å². The van der Waals surface area contributed by atoms with E-state index in [1.54, 1.807) is 0 Å². The minimum absolute atomic E-state index is 0. The van der Waals surface area contributed by atoms with Crippen molar-refractivity contribution in [2.24, 2.45) is 0 Å². The largest absolute Gasteiger partial charge is 2.00 e. The molecule has 0 aromatic rings. The van der Waals surface area contributed by atoms with Crippen molar-refractivity contribution in [3.8, 4) is 0 Å². The minimum Gasteiger partial charge on any atom is -0.811 e. The van der Waals surface area contributed by atoms with Gasteiger partial charge in [-0.05, 0) is 6.16 Å². The molecule has 0 bridgehead atoms. The number of hydrogen-bond acceptors (Lipinski definition) is 3. The van der Waals surface area contributed by atoms with Gasteiger partial charge in [-0.25, -0.2) is 0 Å². The molecule has 0 aromatic heterocycles. The smallest absolute Gasteiger partial charge is 0.811 e. The third kappa shape index (κ3) is 10.8. The predicted molar refractivity (Wildman–Crippen MR) is 18.1 cm³/mol. The first-order valence-corrected chi connectivity index (χ1v) is 3.30. The summed E-state index contributed by atoms with van der Waals surface area (Å²) in [5, 5.41) is 0. The van der Waals surface area contributed by atoms with Crippen LogP contribution in [0.25, 0.3) is 0 Å². The van der Waals surface area contributed by atoms with Crippen molar-refractivity contribution in [2.75, 3.05) is 6.16 Å². The van der Waals surface area contributed by atoms with Crippen molar-refractivity contribution in [1.82, 2.24) is 0 Å². The summed E-state index contributed by atoms with van der Waals surface area (Å²) >= 11 is 0. The summed E-state index contributed by atoms with van der Waals surface area (Å²) in [7, 11) is -4.15. The van der Waals surface area contributed by atoms with E-state index in [9.17, 15) is 14.4 Å². The maximum Gasteiger partial charge on any atom is 2.00 e. The normalized spacial score (nSPS) is 10.1. The van der Waals surface area contributed by atoms with Gasteiger partial charge in [0.15, 0.2) is 0 Å². The van der Waals surface area contributed by atoms with Crippen LogP contribution in [-0.2, 0) is 24.0 Å². The summed E-state index contributed by atoms with van der Waals surface area (Å²) in [5.41, 5.74) is 0. The van der Waals surface area contributed by atoms with Crippen molar-refractivity contribution in [3.63, 3.8) is 0 Å². The van der Waals surface area contributed by atoms with Crippen molar-refractivity contribution >= 4 is 7.60 Å². The summed E-state index contributed by atoms with van der Waals surface area (Å²) in [4.78, 5) is 18.9. The van der Waals surface area contributed by atoms with Gasteiger partial charge < -0.3 is 14.4 Å². The molecule has 0 saturated carbocycles. The van der Waals surface area contributed by atoms with E-state index in [1.165, 1.54) is 6.92 Å². The Balaban J connectivity index is 0. The van der Waals surface area contributed by atoms with E-state index in [2.05, 4.69) is 0 Å². The van der Waals surface area contributed by atoms with Crippen molar-refractivity contribution in [1.29, 1.82) is 0 Å². The van der Waals surface area contributed by atoms with Crippen LogP contribution in [0, 0.1) is 0 Å². The van der Waals surface area contributed by atoms with Gasteiger partial charge in [0.1, 0.15) is 0 Å². The van der Waals surface area contributed by atoms with Gasteiger partial charge in [-0.1, -0.05) is 14.5 Å². The van der Waals surface area contributed by atoms with Crippen LogP contribution in [0.1, 0.15) is 6.92 Å². The molecular weight excluding hydrogens is 168 g/mol. The van der Waals surface area contributed by atoms with Gasteiger partial charge >= 0.3 is 19.5 Å². The molecule has 3 nitrogen and oxygen atoms in total. The van der Waals surface area contributed by atoms with E-state index >= 15 is 0 Å².